The summed E-state index contributed by atoms with van der Waals surface area (Å²) in [5.41, 5.74) is 0. The smallest absolute Gasteiger partial charge is 0.257 e. The molecule has 1 amide bonds. The Morgan fingerprint density at radius 3 is 2.48 bits per heavy atom. The molecule has 0 radical (unpaired) electrons. The van der Waals surface area contributed by atoms with Crippen LogP contribution in [0.3, 0.4) is 0 Å². The maximum Gasteiger partial charge on any atom is 0.257 e. The molecule has 0 aromatic heterocycles. The van der Waals surface area contributed by atoms with Gasteiger partial charge in [0.2, 0.25) is 10.0 Å². The first-order valence-electron chi connectivity index (χ1n) is 7.43. The number of carbonyl (C=O) groups excluding carboxylic acids is 1. The van der Waals surface area contributed by atoms with Gasteiger partial charge in [-0.05, 0) is 30.7 Å². The maximum absolute atomic E-state index is 11.7. The van der Waals surface area contributed by atoms with E-state index in [-0.39, 0.29) is 25.6 Å². The van der Waals surface area contributed by atoms with E-state index in [0.29, 0.717) is 17.3 Å². The standard InChI is InChI=1S/C15H23ClN2O4S/c1-3-4-10-18(23(2,20)21)11-9-17-15(19)12-22-14-7-5-13(16)6-8-14/h5-8H,3-4,9-12H2,1-2H3,(H,17,19). The number of carbonyl (C=O) groups is 1. The van der Waals surface area contributed by atoms with E-state index in [2.05, 4.69) is 5.32 Å². The molecular weight excluding hydrogens is 340 g/mol. The molecule has 1 rings (SSSR count). The molecule has 0 heterocycles. The van der Waals surface area contributed by atoms with Gasteiger partial charge < -0.3 is 10.1 Å². The summed E-state index contributed by atoms with van der Waals surface area (Å²) in [6.45, 7) is 2.84. The quantitative estimate of drug-likeness (QED) is 0.689. The zero-order valence-corrected chi connectivity index (χ0v) is 15.0. The number of ether oxygens (including phenoxy) is 1. The maximum atomic E-state index is 11.7. The number of sulfonamides is 1. The average molecular weight is 363 g/mol. The molecule has 130 valence electrons. The molecule has 1 N–H and O–H groups in total. The summed E-state index contributed by atoms with van der Waals surface area (Å²) in [6.07, 6.45) is 2.88. The molecular formula is C15H23ClN2O4S. The number of amides is 1. The van der Waals surface area contributed by atoms with Crippen LogP contribution in [-0.2, 0) is 14.8 Å². The number of rotatable bonds is 10. The van der Waals surface area contributed by atoms with Gasteiger partial charge in [-0.25, -0.2) is 12.7 Å². The van der Waals surface area contributed by atoms with E-state index in [1.165, 1.54) is 10.6 Å². The van der Waals surface area contributed by atoms with Gasteiger partial charge in [-0.2, -0.15) is 0 Å². The Bertz CT molecular complexity index is 590. The minimum absolute atomic E-state index is 0.129. The van der Waals surface area contributed by atoms with Crippen LogP contribution >= 0.6 is 11.6 Å². The molecule has 0 bridgehead atoms. The molecule has 0 aliphatic heterocycles. The molecule has 0 saturated carbocycles. The normalized spacial score (nSPS) is 11.5. The van der Waals surface area contributed by atoms with E-state index >= 15 is 0 Å². The van der Waals surface area contributed by atoms with Crippen LogP contribution in [0, 0.1) is 0 Å². The fraction of sp³-hybridized carbons (Fsp3) is 0.533. The van der Waals surface area contributed by atoms with Crippen molar-refractivity contribution in [1.82, 2.24) is 9.62 Å². The van der Waals surface area contributed by atoms with Crippen LogP contribution in [0.25, 0.3) is 0 Å². The highest BCUT2D eigenvalue weighted by molar-refractivity contribution is 7.88. The lowest BCUT2D eigenvalue weighted by Gasteiger charge is -2.19. The first kappa shape index (κ1) is 19.7. The second kappa shape index (κ2) is 9.75. The summed E-state index contributed by atoms with van der Waals surface area (Å²) < 4.78 is 29.9. The molecule has 1 aromatic rings. The largest absolute Gasteiger partial charge is 0.484 e. The van der Waals surface area contributed by atoms with Crippen LogP contribution in [0.4, 0.5) is 0 Å². The van der Waals surface area contributed by atoms with Gasteiger partial charge in [0.1, 0.15) is 5.75 Å². The lowest BCUT2D eigenvalue weighted by atomic mass is 10.3. The molecule has 0 aliphatic rings. The highest BCUT2D eigenvalue weighted by Crippen LogP contribution is 2.15. The fourth-order valence-electron chi connectivity index (χ4n) is 1.83. The van der Waals surface area contributed by atoms with Gasteiger partial charge in [-0.3, -0.25) is 4.79 Å². The number of halogens is 1. The highest BCUT2D eigenvalue weighted by atomic mass is 35.5. The third kappa shape index (κ3) is 8.20. The summed E-state index contributed by atoms with van der Waals surface area (Å²) in [7, 11) is -3.26. The third-order valence-electron chi connectivity index (χ3n) is 3.10. The molecule has 0 fully saturated rings. The topological polar surface area (TPSA) is 75.7 Å². The van der Waals surface area contributed by atoms with Crippen molar-refractivity contribution in [1.29, 1.82) is 0 Å². The van der Waals surface area contributed by atoms with E-state index in [1.807, 2.05) is 6.92 Å². The van der Waals surface area contributed by atoms with Crippen LogP contribution in [0.2, 0.25) is 5.02 Å². The Balaban J connectivity index is 2.32. The first-order chi connectivity index (χ1) is 10.8. The second-order valence-electron chi connectivity index (χ2n) is 5.11. The SMILES string of the molecule is CCCCN(CCNC(=O)COc1ccc(Cl)cc1)S(C)(=O)=O. The Morgan fingerprint density at radius 2 is 1.91 bits per heavy atom. The minimum atomic E-state index is -3.26. The Morgan fingerprint density at radius 1 is 1.26 bits per heavy atom. The molecule has 6 nitrogen and oxygen atoms in total. The monoisotopic (exact) mass is 362 g/mol. The zero-order chi connectivity index (χ0) is 17.3. The van der Waals surface area contributed by atoms with Gasteiger partial charge in [0.25, 0.3) is 5.91 Å². The van der Waals surface area contributed by atoms with Gasteiger partial charge in [-0.15, -0.1) is 0 Å². The summed E-state index contributed by atoms with van der Waals surface area (Å²) in [5, 5.41) is 3.24. The van der Waals surface area contributed by atoms with Crippen molar-refractivity contribution in [3.63, 3.8) is 0 Å². The number of unbranched alkanes of at least 4 members (excludes halogenated alkanes) is 1. The highest BCUT2D eigenvalue weighted by Gasteiger charge is 2.15. The fourth-order valence-corrected chi connectivity index (χ4v) is 2.84. The van der Waals surface area contributed by atoms with Crippen LogP contribution in [0.5, 0.6) is 5.75 Å². The third-order valence-corrected chi connectivity index (χ3v) is 4.65. The van der Waals surface area contributed by atoms with Gasteiger partial charge in [-0.1, -0.05) is 24.9 Å². The first-order valence-corrected chi connectivity index (χ1v) is 9.65. The molecule has 0 saturated heterocycles. The average Bonchev–Trinajstić information content (AvgIpc) is 2.49. The number of hydrogen-bond donors (Lipinski definition) is 1. The second-order valence-corrected chi connectivity index (χ2v) is 7.53. The van der Waals surface area contributed by atoms with Crippen molar-refractivity contribution in [2.75, 3.05) is 32.5 Å². The van der Waals surface area contributed by atoms with Crippen LogP contribution in [-0.4, -0.2) is 51.1 Å². The van der Waals surface area contributed by atoms with E-state index < -0.39 is 10.0 Å². The van der Waals surface area contributed by atoms with Crippen molar-refractivity contribution >= 4 is 27.5 Å². The lowest BCUT2D eigenvalue weighted by Crippen LogP contribution is -2.39. The van der Waals surface area contributed by atoms with Crippen molar-refractivity contribution < 1.29 is 17.9 Å². The predicted octanol–water partition coefficient (Wildman–Crippen LogP) is 1.90. The van der Waals surface area contributed by atoms with E-state index in [1.54, 1.807) is 24.3 Å². The minimum Gasteiger partial charge on any atom is -0.484 e. The Hall–Kier alpha value is -1.31. The summed E-state index contributed by atoms with van der Waals surface area (Å²) in [6, 6.07) is 6.69. The van der Waals surface area contributed by atoms with Crippen molar-refractivity contribution in [3.05, 3.63) is 29.3 Å². The summed E-state index contributed by atoms with van der Waals surface area (Å²) >= 11 is 5.76. The van der Waals surface area contributed by atoms with E-state index in [0.717, 1.165) is 12.8 Å². The predicted molar refractivity (Wildman–Crippen MR) is 91.3 cm³/mol. The molecule has 23 heavy (non-hydrogen) atoms. The van der Waals surface area contributed by atoms with E-state index in [4.69, 9.17) is 16.3 Å². The number of nitrogens with one attached hydrogen (secondary N) is 1. The number of benzene rings is 1. The van der Waals surface area contributed by atoms with Gasteiger partial charge >= 0.3 is 0 Å². The van der Waals surface area contributed by atoms with Gasteiger partial charge in [0.15, 0.2) is 6.61 Å². The van der Waals surface area contributed by atoms with Crippen LogP contribution in [0.1, 0.15) is 19.8 Å². The zero-order valence-electron chi connectivity index (χ0n) is 13.4. The molecule has 8 heteroatoms. The van der Waals surface area contributed by atoms with Crippen molar-refractivity contribution in [2.24, 2.45) is 0 Å². The Labute approximate surface area is 142 Å². The molecule has 0 unspecified atom stereocenters. The van der Waals surface area contributed by atoms with Crippen molar-refractivity contribution in [2.45, 2.75) is 19.8 Å². The van der Waals surface area contributed by atoms with Crippen molar-refractivity contribution in [3.8, 4) is 5.75 Å². The van der Waals surface area contributed by atoms with E-state index in [9.17, 15) is 13.2 Å². The van der Waals surface area contributed by atoms with Crippen LogP contribution in [0.15, 0.2) is 24.3 Å². The van der Waals surface area contributed by atoms with Gasteiger partial charge in [0, 0.05) is 24.7 Å². The molecule has 0 spiro atoms. The summed E-state index contributed by atoms with van der Waals surface area (Å²) in [5.74, 6) is 0.245. The number of nitrogens with zero attached hydrogens (tertiary/aromatic N) is 1. The lowest BCUT2D eigenvalue weighted by molar-refractivity contribution is -0.123. The molecule has 0 atom stereocenters. The Kier molecular flexibility index (Phi) is 8.36. The molecule has 1 aromatic carbocycles. The van der Waals surface area contributed by atoms with Gasteiger partial charge in [0.05, 0.1) is 6.26 Å². The van der Waals surface area contributed by atoms with Crippen LogP contribution < -0.4 is 10.1 Å². The number of hydrogen-bond acceptors (Lipinski definition) is 4. The molecule has 0 aliphatic carbocycles. The summed E-state index contributed by atoms with van der Waals surface area (Å²) in [4.78, 5) is 11.7.